The molecule has 106 valence electrons. The lowest BCUT2D eigenvalue weighted by atomic mass is 10.0. The molecule has 21 heavy (non-hydrogen) atoms. The summed E-state index contributed by atoms with van der Waals surface area (Å²) in [6, 6.07) is 11.0. The molecule has 3 N–H and O–H groups in total. The Morgan fingerprint density at radius 1 is 1.29 bits per heavy atom. The molecule has 0 saturated carbocycles. The fourth-order valence-electron chi connectivity index (χ4n) is 1.86. The van der Waals surface area contributed by atoms with Crippen molar-refractivity contribution in [3.63, 3.8) is 0 Å². The molecule has 0 bridgehead atoms. The van der Waals surface area contributed by atoms with Gasteiger partial charge in [-0.25, -0.2) is 4.39 Å². The Balaban J connectivity index is 2.18. The molecule has 2 rings (SSSR count). The van der Waals surface area contributed by atoms with Crippen LogP contribution in [0, 0.1) is 24.6 Å². The van der Waals surface area contributed by atoms with E-state index in [0.717, 1.165) is 11.1 Å². The Hall–Kier alpha value is -2.64. The van der Waals surface area contributed by atoms with Gasteiger partial charge in [-0.2, -0.15) is 0 Å². The standard InChI is InChI=1S/C17H15FN2O/c1-12-10-14(8-7-13(12)4-3-9-19)17(21)20-16-6-2-5-15(18)11-16/h2,5-8,10-11H,9,19H2,1H3,(H,20,21). The highest BCUT2D eigenvalue weighted by molar-refractivity contribution is 6.04. The van der Waals surface area contributed by atoms with E-state index in [0.29, 0.717) is 17.8 Å². The molecule has 0 unspecified atom stereocenters. The number of benzene rings is 2. The fourth-order valence-corrected chi connectivity index (χ4v) is 1.86. The van der Waals surface area contributed by atoms with E-state index in [1.165, 1.54) is 12.1 Å². The summed E-state index contributed by atoms with van der Waals surface area (Å²) in [6.45, 7) is 2.17. The molecular formula is C17H15FN2O. The SMILES string of the molecule is Cc1cc(C(=O)Nc2cccc(F)c2)ccc1C#CCN. The number of carbonyl (C=O) groups is 1. The number of halogens is 1. The van der Waals surface area contributed by atoms with Gasteiger partial charge in [-0.05, 0) is 48.9 Å². The number of carbonyl (C=O) groups excluding carboxylic acids is 1. The molecule has 0 aliphatic heterocycles. The van der Waals surface area contributed by atoms with Crippen molar-refractivity contribution in [3.05, 3.63) is 65.0 Å². The molecule has 1 amide bonds. The molecule has 0 aliphatic rings. The van der Waals surface area contributed by atoms with E-state index >= 15 is 0 Å². The second kappa shape index (κ2) is 6.69. The highest BCUT2D eigenvalue weighted by atomic mass is 19.1. The third-order valence-electron chi connectivity index (χ3n) is 2.90. The molecule has 2 aromatic carbocycles. The van der Waals surface area contributed by atoms with Crippen molar-refractivity contribution in [2.24, 2.45) is 5.73 Å². The molecule has 2 aromatic rings. The first-order chi connectivity index (χ1) is 10.1. The van der Waals surface area contributed by atoms with Gasteiger partial charge >= 0.3 is 0 Å². The van der Waals surface area contributed by atoms with E-state index in [-0.39, 0.29) is 5.91 Å². The van der Waals surface area contributed by atoms with Gasteiger partial charge in [0.2, 0.25) is 0 Å². The van der Waals surface area contributed by atoms with Gasteiger partial charge < -0.3 is 11.1 Å². The molecule has 0 spiro atoms. The van der Waals surface area contributed by atoms with Crippen LogP contribution in [0.3, 0.4) is 0 Å². The van der Waals surface area contributed by atoms with Crippen LogP contribution in [0.2, 0.25) is 0 Å². The topological polar surface area (TPSA) is 55.1 Å². The summed E-state index contributed by atoms with van der Waals surface area (Å²) in [4.78, 5) is 12.1. The lowest BCUT2D eigenvalue weighted by molar-refractivity contribution is 0.102. The molecule has 4 heteroatoms. The maximum Gasteiger partial charge on any atom is 0.255 e. The minimum Gasteiger partial charge on any atom is -0.322 e. The third kappa shape index (κ3) is 3.91. The van der Waals surface area contributed by atoms with E-state index in [1.807, 2.05) is 6.92 Å². The molecule has 0 atom stereocenters. The van der Waals surface area contributed by atoms with Crippen LogP contribution < -0.4 is 11.1 Å². The van der Waals surface area contributed by atoms with Crippen LogP contribution in [-0.2, 0) is 0 Å². The first-order valence-electron chi connectivity index (χ1n) is 6.46. The quantitative estimate of drug-likeness (QED) is 0.832. The van der Waals surface area contributed by atoms with Crippen LogP contribution in [0.5, 0.6) is 0 Å². The monoisotopic (exact) mass is 282 g/mol. The van der Waals surface area contributed by atoms with Crippen molar-refractivity contribution in [2.75, 3.05) is 11.9 Å². The number of hydrogen-bond acceptors (Lipinski definition) is 2. The second-order valence-electron chi connectivity index (χ2n) is 4.50. The average Bonchev–Trinajstić information content (AvgIpc) is 2.46. The van der Waals surface area contributed by atoms with E-state index in [9.17, 15) is 9.18 Å². The number of aryl methyl sites for hydroxylation is 1. The molecule has 0 aromatic heterocycles. The Kier molecular flexibility index (Phi) is 4.70. The van der Waals surface area contributed by atoms with Crippen LogP contribution in [-0.4, -0.2) is 12.5 Å². The molecule has 0 radical (unpaired) electrons. The Morgan fingerprint density at radius 3 is 2.76 bits per heavy atom. The summed E-state index contributed by atoms with van der Waals surface area (Å²) in [5, 5.41) is 2.65. The largest absolute Gasteiger partial charge is 0.322 e. The Morgan fingerprint density at radius 2 is 2.10 bits per heavy atom. The van der Waals surface area contributed by atoms with Crippen molar-refractivity contribution < 1.29 is 9.18 Å². The Labute approximate surface area is 123 Å². The van der Waals surface area contributed by atoms with Gasteiger partial charge in [0.25, 0.3) is 5.91 Å². The molecule has 0 saturated heterocycles. The molecule has 0 aliphatic carbocycles. The van der Waals surface area contributed by atoms with Crippen molar-refractivity contribution in [1.29, 1.82) is 0 Å². The average molecular weight is 282 g/mol. The van der Waals surface area contributed by atoms with Gasteiger partial charge in [0.05, 0.1) is 6.54 Å². The first kappa shape index (κ1) is 14.8. The zero-order valence-corrected chi connectivity index (χ0v) is 11.6. The van der Waals surface area contributed by atoms with Gasteiger partial charge in [-0.1, -0.05) is 17.9 Å². The van der Waals surface area contributed by atoms with Crippen LogP contribution >= 0.6 is 0 Å². The summed E-state index contributed by atoms with van der Waals surface area (Å²) in [7, 11) is 0. The zero-order valence-electron chi connectivity index (χ0n) is 11.6. The van der Waals surface area contributed by atoms with E-state index in [2.05, 4.69) is 17.2 Å². The van der Waals surface area contributed by atoms with Gasteiger partial charge in [0.1, 0.15) is 5.82 Å². The number of amides is 1. The second-order valence-corrected chi connectivity index (χ2v) is 4.50. The predicted molar refractivity (Wildman–Crippen MR) is 81.5 cm³/mol. The summed E-state index contributed by atoms with van der Waals surface area (Å²) in [6.07, 6.45) is 0. The van der Waals surface area contributed by atoms with Gasteiger partial charge in [0.15, 0.2) is 0 Å². The minimum absolute atomic E-state index is 0.290. The normalized spacial score (nSPS) is 9.67. The smallest absolute Gasteiger partial charge is 0.255 e. The lowest BCUT2D eigenvalue weighted by Gasteiger charge is -2.07. The predicted octanol–water partition coefficient (Wildman–Crippen LogP) is 2.70. The number of hydrogen-bond donors (Lipinski definition) is 2. The van der Waals surface area contributed by atoms with Gasteiger partial charge in [0, 0.05) is 16.8 Å². The van der Waals surface area contributed by atoms with Gasteiger partial charge in [-0.3, -0.25) is 4.79 Å². The molecule has 3 nitrogen and oxygen atoms in total. The molecule has 0 heterocycles. The van der Waals surface area contributed by atoms with Crippen molar-refractivity contribution in [3.8, 4) is 11.8 Å². The fraction of sp³-hybridized carbons (Fsp3) is 0.118. The minimum atomic E-state index is -0.392. The third-order valence-corrected chi connectivity index (χ3v) is 2.90. The van der Waals surface area contributed by atoms with Crippen molar-refractivity contribution >= 4 is 11.6 Å². The van der Waals surface area contributed by atoms with E-state index < -0.39 is 5.82 Å². The zero-order chi connectivity index (χ0) is 15.2. The van der Waals surface area contributed by atoms with Gasteiger partial charge in [-0.15, -0.1) is 0 Å². The summed E-state index contributed by atoms with van der Waals surface area (Å²) >= 11 is 0. The highest BCUT2D eigenvalue weighted by Crippen LogP contribution is 2.14. The maximum atomic E-state index is 13.1. The molecular weight excluding hydrogens is 267 g/mol. The summed E-state index contributed by atoms with van der Waals surface area (Å²) < 4.78 is 13.1. The van der Waals surface area contributed by atoms with Crippen LogP contribution in [0.1, 0.15) is 21.5 Å². The number of rotatable bonds is 2. The maximum absolute atomic E-state index is 13.1. The van der Waals surface area contributed by atoms with Crippen LogP contribution in [0.25, 0.3) is 0 Å². The number of nitrogens with two attached hydrogens (primary N) is 1. The van der Waals surface area contributed by atoms with E-state index in [4.69, 9.17) is 5.73 Å². The first-order valence-corrected chi connectivity index (χ1v) is 6.46. The number of anilines is 1. The highest BCUT2D eigenvalue weighted by Gasteiger charge is 2.08. The number of nitrogens with one attached hydrogen (secondary N) is 1. The Bertz CT molecular complexity index is 729. The van der Waals surface area contributed by atoms with Crippen molar-refractivity contribution in [2.45, 2.75) is 6.92 Å². The van der Waals surface area contributed by atoms with Crippen LogP contribution in [0.4, 0.5) is 10.1 Å². The molecule has 0 fully saturated rings. The lowest BCUT2D eigenvalue weighted by Crippen LogP contribution is -2.12. The van der Waals surface area contributed by atoms with Crippen LogP contribution in [0.15, 0.2) is 42.5 Å². The summed E-state index contributed by atoms with van der Waals surface area (Å²) in [5.74, 6) is 5.03. The van der Waals surface area contributed by atoms with E-state index in [1.54, 1.807) is 30.3 Å². The van der Waals surface area contributed by atoms with Crippen molar-refractivity contribution in [1.82, 2.24) is 0 Å². The summed E-state index contributed by atoms with van der Waals surface area (Å²) in [5.41, 5.74) is 7.98.